The van der Waals surface area contributed by atoms with E-state index in [0.717, 1.165) is 19.3 Å². The number of aliphatic hydroxyl groups excluding tert-OH is 1. The van der Waals surface area contributed by atoms with Crippen LogP contribution in [0.1, 0.15) is 40.0 Å². The van der Waals surface area contributed by atoms with E-state index >= 15 is 0 Å². The molecule has 0 radical (unpaired) electrons. The molecular weight excluding hydrogens is 234 g/mol. The van der Waals surface area contributed by atoms with Crippen LogP contribution in [0.2, 0.25) is 0 Å². The number of amides is 1. The lowest BCUT2D eigenvalue weighted by Crippen LogP contribution is -2.72. The summed E-state index contributed by atoms with van der Waals surface area (Å²) < 4.78 is 5.27. The van der Waals surface area contributed by atoms with E-state index in [1.54, 1.807) is 4.90 Å². The maximum atomic E-state index is 11.8. The zero-order valence-corrected chi connectivity index (χ0v) is 11.4. The van der Waals surface area contributed by atoms with E-state index in [0.29, 0.717) is 13.1 Å². The number of carbonyl (C=O) groups is 1. The third-order valence-electron chi connectivity index (χ3n) is 4.11. The molecule has 0 aromatic rings. The lowest BCUT2D eigenvalue weighted by atomic mass is 9.58. The molecule has 0 atom stereocenters. The average molecular weight is 257 g/mol. The molecule has 2 N–H and O–H groups in total. The Bertz CT molecular complexity index is 337. The van der Waals surface area contributed by atoms with Crippen LogP contribution in [0.3, 0.4) is 0 Å². The second-order valence-corrected chi connectivity index (χ2v) is 6.66. The van der Waals surface area contributed by atoms with Gasteiger partial charge in [-0.2, -0.15) is 0 Å². The number of hydrogen-bond acceptors (Lipinski definition) is 4. The average Bonchev–Trinajstić information content (AvgIpc) is 2.11. The molecule has 1 aliphatic heterocycles. The summed E-state index contributed by atoms with van der Waals surface area (Å²) in [6.07, 6.45) is 2.06. The first-order valence-corrected chi connectivity index (χ1v) is 6.53. The Kier molecular flexibility index (Phi) is 3.10. The molecule has 2 fully saturated rings. The van der Waals surface area contributed by atoms with Crippen LogP contribution in [0.15, 0.2) is 0 Å². The molecule has 0 spiro atoms. The van der Waals surface area contributed by atoms with Crippen molar-refractivity contribution in [2.75, 3.05) is 19.7 Å². The zero-order chi connectivity index (χ0) is 13.6. The van der Waals surface area contributed by atoms with Crippen molar-refractivity contribution in [3.63, 3.8) is 0 Å². The molecule has 18 heavy (non-hydrogen) atoms. The third-order valence-corrected chi connectivity index (χ3v) is 4.11. The standard InChI is InChI=1S/C13H23NO4/c1-11(2,3)18-10(16)14-7-12(8-14,9-15)13(17)5-4-6-13/h15,17H,4-9H2,1-3H3. The predicted molar refractivity (Wildman–Crippen MR) is 66.1 cm³/mol. The lowest BCUT2D eigenvalue weighted by molar-refractivity contribution is -0.210. The van der Waals surface area contributed by atoms with Gasteiger partial charge in [-0.15, -0.1) is 0 Å². The molecule has 2 rings (SSSR count). The van der Waals surface area contributed by atoms with E-state index < -0.39 is 16.6 Å². The third kappa shape index (κ3) is 2.10. The van der Waals surface area contributed by atoms with Crippen LogP contribution in [-0.2, 0) is 4.74 Å². The van der Waals surface area contributed by atoms with Crippen molar-refractivity contribution in [1.29, 1.82) is 0 Å². The lowest BCUT2D eigenvalue weighted by Gasteiger charge is -2.60. The van der Waals surface area contributed by atoms with Crippen molar-refractivity contribution >= 4 is 6.09 Å². The number of aliphatic hydroxyl groups is 2. The molecule has 0 aromatic heterocycles. The van der Waals surface area contributed by atoms with Crippen molar-refractivity contribution < 1.29 is 19.7 Å². The van der Waals surface area contributed by atoms with E-state index in [2.05, 4.69) is 0 Å². The van der Waals surface area contributed by atoms with Gasteiger partial charge in [0.2, 0.25) is 0 Å². The topological polar surface area (TPSA) is 70.0 Å². The molecule has 104 valence electrons. The van der Waals surface area contributed by atoms with Crippen LogP contribution in [0, 0.1) is 5.41 Å². The van der Waals surface area contributed by atoms with Crippen LogP contribution in [0.25, 0.3) is 0 Å². The predicted octanol–water partition coefficient (Wildman–Crippen LogP) is 1.13. The van der Waals surface area contributed by atoms with Gasteiger partial charge in [-0.1, -0.05) is 0 Å². The van der Waals surface area contributed by atoms with E-state index in [1.807, 2.05) is 20.8 Å². The molecule has 0 unspecified atom stereocenters. The fourth-order valence-corrected chi connectivity index (χ4v) is 2.72. The van der Waals surface area contributed by atoms with Gasteiger partial charge in [0.15, 0.2) is 0 Å². The summed E-state index contributed by atoms with van der Waals surface area (Å²) in [6, 6.07) is 0. The minimum absolute atomic E-state index is 0.0806. The number of carbonyl (C=O) groups excluding carboxylic acids is 1. The molecule has 1 saturated carbocycles. The van der Waals surface area contributed by atoms with E-state index in [4.69, 9.17) is 4.74 Å². The number of likely N-dealkylation sites (tertiary alicyclic amines) is 1. The SMILES string of the molecule is CC(C)(C)OC(=O)N1CC(CO)(C2(O)CCC2)C1. The second-order valence-electron chi connectivity index (χ2n) is 6.66. The minimum atomic E-state index is -0.791. The van der Waals surface area contributed by atoms with Crippen LogP contribution >= 0.6 is 0 Å². The highest BCUT2D eigenvalue weighted by Gasteiger charge is 2.61. The fraction of sp³-hybridized carbons (Fsp3) is 0.923. The van der Waals surface area contributed by atoms with Crippen molar-refractivity contribution in [3.05, 3.63) is 0 Å². The molecule has 1 heterocycles. The van der Waals surface area contributed by atoms with E-state index in [9.17, 15) is 15.0 Å². The van der Waals surface area contributed by atoms with Crippen molar-refractivity contribution in [2.45, 2.75) is 51.2 Å². The van der Waals surface area contributed by atoms with Gasteiger partial charge in [-0.25, -0.2) is 4.79 Å². The smallest absolute Gasteiger partial charge is 0.410 e. The molecule has 0 bridgehead atoms. The molecule has 5 heteroatoms. The van der Waals surface area contributed by atoms with Gasteiger partial charge in [-0.05, 0) is 40.0 Å². The second kappa shape index (κ2) is 4.10. The highest BCUT2D eigenvalue weighted by atomic mass is 16.6. The summed E-state index contributed by atoms with van der Waals surface area (Å²) in [5.41, 5.74) is -1.84. The van der Waals surface area contributed by atoms with Crippen molar-refractivity contribution in [1.82, 2.24) is 4.90 Å². The van der Waals surface area contributed by atoms with Crippen LogP contribution in [0.4, 0.5) is 4.79 Å². The van der Waals surface area contributed by atoms with Crippen LogP contribution in [-0.4, -0.2) is 52.1 Å². The highest BCUT2D eigenvalue weighted by molar-refractivity contribution is 5.69. The van der Waals surface area contributed by atoms with Gasteiger partial charge >= 0.3 is 6.09 Å². The summed E-state index contributed by atoms with van der Waals surface area (Å²) in [7, 11) is 0. The normalized spacial score (nSPS) is 25.1. The maximum Gasteiger partial charge on any atom is 0.410 e. The van der Waals surface area contributed by atoms with Crippen LogP contribution in [0.5, 0.6) is 0 Å². The van der Waals surface area contributed by atoms with E-state index in [1.165, 1.54) is 0 Å². The monoisotopic (exact) mass is 257 g/mol. The number of rotatable bonds is 2. The van der Waals surface area contributed by atoms with Crippen molar-refractivity contribution in [2.24, 2.45) is 5.41 Å². The largest absolute Gasteiger partial charge is 0.444 e. The Morgan fingerprint density at radius 2 is 1.89 bits per heavy atom. The summed E-state index contributed by atoms with van der Waals surface area (Å²) in [6.45, 7) is 6.16. The Balaban J connectivity index is 1.94. The maximum absolute atomic E-state index is 11.8. The Morgan fingerprint density at radius 1 is 1.33 bits per heavy atom. The summed E-state index contributed by atoms with van der Waals surface area (Å²) in [4.78, 5) is 13.4. The number of nitrogens with zero attached hydrogens (tertiary/aromatic N) is 1. The Hall–Kier alpha value is -0.810. The number of hydrogen-bond donors (Lipinski definition) is 2. The molecule has 5 nitrogen and oxygen atoms in total. The van der Waals surface area contributed by atoms with Gasteiger partial charge in [0.1, 0.15) is 5.60 Å². The van der Waals surface area contributed by atoms with Gasteiger partial charge in [0.05, 0.1) is 17.6 Å². The van der Waals surface area contributed by atoms with E-state index in [-0.39, 0.29) is 12.7 Å². The summed E-state index contributed by atoms with van der Waals surface area (Å²) >= 11 is 0. The summed E-state index contributed by atoms with van der Waals surface area (Å²) in [5.74, 6) is 0. The zero-order valence-electron chi connectivity index (χ0n) is 11.4. The number of ether oxygens (including phenoxy) is 1. The highest BCUT2D eigenvalue weighted by Crippen LogP contribution is 2.51. The molecule has 1 amide bonds. The quantitative estimate of drug-likeness (QED) is 0.778. The van der Waals surface area contributed by atoms with Gasteiger partial charge in [-0.3, -0.25) is 0 Å². The fourth-order valence-electron chi connectivity index (χ4n) is 2.72. The van der Waals surface area contributed by atoms with Crippen molar-refractivity contribution in [3.8, 4) is 0 Å². The van der Waals surface area contributed by atoms with Gasteiger partial charge < -0.3 is 19.8 Å². The van der Waals surface area contributed by atoms with Gasteiger partial charge in [0.25, 0.3) is 0 Å². The molecule has 0 aromatic carbocycles. The molecule has 1 aliphatic carbocycles. The minimum Gasteiger partial charge on any atom is -0.444 e. The first kappa shape index (κ1) is 13.6. The first-order chi connectivity index (χ1) is 8.21. The first-order valence-electron chi connectivity index (χ1n) is 6.53. The molecule has 1 saturated heterocycles. The van der Waals surface area contributed by atoms with Gasteiger partial charge in [0, 0.05) is 13.1 Å². The van der Waals surface area contributed by atoms with Crippen LogP contribution < -0.4 is 0 Å². The Labute approximate surface area is 108 Å². The molecular formula is C13H23NO4. The molecule has 2 aliphatic rings. The Morgan fingerprint density at radius 3 is 2.22 bits per heavy atom. The summed E-state index contributed by atoms with van der Waals surface area (Å²) in [5, 5.41) is 19.9.